The molecular formula is C12H9F3O2. The Labute approximate surface area is 94.7 Å². The van der Waals surface area contributed by atoms with Crippen LogP contribution in [0.1, 0.15) is 16.9 Å². The summed E-state index contributed by atoms with van der Waals surface area (Å²) in [7, 11) is 0. The second-order valence-corrected chi connectivity index (χ2v) is 3.93. The van der Waals surface area contributed by atoms with Crippen LogP contribution in [0, 0.1) is 13.8 Å². The van der Waals surface area contributed by atoms with Crippen LogP contribution in [0.15, 0.2) is 27.4 Å². The first kappa shape index (κ1) is 11.7. The Morgan fingerprint density at radius 2 is 1.76 bits per heavy atom. The van der Waals surface area contributed by atoms with Gasteiger partial charge in [0, 0.05) is 6.07 Å². The molecule has 0 radical (unpaired) electrons. The fourth-order valence-corrected chi connectivity index (χ4v) is 1.80. The Kier molecular flexibility index (Phi) is 2.49. The fraction of sp³-hybridized carbons (Fsp3) is 0.250. The smallest absolute Gasteiger partial charge is 0.449 e. The number of aryl methyl sites for hydroxylation is 2. The zero-order valence-corrected chi connectivity index (χ0v) is 9.18. The molecule has 17 heavy (non-hydrogen) atoms. The minimum absolute atomic E-state index is 0.0256. The lowest BCUT2D eigenvalue weighted by atomic mass is 10.1. The van der Waals surface area contributed by atoms with Crippen LogP contribution in [0.5, 0.6) is 0 Å². The first-order valence-corrected chi connectivity index (χ1v) is 4.91. The van der Waals surface area contributed by atoms with Gasteiger partial charge in [-0.25, -0.2) is 0 Å². The van der Waals surface area contributed by atoms with Crippen LogP contribution in [0.2, 0.25) is 0 Å². The molecule has 1 aromatic heterocycles. The van der Waals surface area contributed by atoms with E-state index in [0.717, 1.165) is 5.56 Å². The highest BCUT2D eigenvalue weighted by atomic mass is 19.4. The Morgan fingerprint density at radius 1 is 1.12 bits per heavy atom. The van der Waals surface area contributed by atoms with Crippen molar-refractivity contribution < 1.29 is 17.6 Å². The molecule has 2 rings (SSSR count). The van der Waals surface area contributed by atoms with Crippen LogP contribution in [0.4, 0.5) is 13.2 Å². The molecule has 0 saturated carbocycles. The first-order chi connectivity index (χ1) is 7.79. The van der Waals surface area contributed by atoms with Crippen molar-refractivity contribution in [1.82, 2.24) is 0 Å². The largest absolute Gasteiger partial charge is 0.451 e. The minimum Gasteiger partial charge on any atom is -0.451 e. The zero-order chi connectivity index (χ0) is 12.8. The van der Waals surface area contributed by atoms with Gasteiger partial charge in [0.1, 0.15) is 5.58 Å². The molecule has 0 aliphatic rings. The number of benzene rings is 1. The Bertz CT molecular complexity index is 638. The van der Waals surface area contributed by atoms with Crippen LogP contribution in [0.3, 0.4) is 0 Å². The van der Waals surface area contributed by atoms with Gasteiger partial charge in [-0.05, 0) is 31.0 Å². The van der Waals surface area contributed by atoms with Gasteiger partial charge in [-0.15, -0.1) is 0 Å². The quantitative estimate of drug-likeness (QED) is 0.708. The molecule has 0 aliphatic heterocycles. The number of alkyl halides is 3. The highest BCUT2D eigenvalue weighted by Gasteiger charge is 2.35. The van der Waals surface area contributed by atoms with Crippen molar-refractivity contribution in [3.8, 4) is 0 Å². The topological polar surface area (TPSA) is 30.2 Å². The summed E-state index contributed by atoms with van der Waals surface area (Å²) >= 11 is 0. The molecule has 0 saturated heterocycles. The van der Waals surface area contributed by atoms with Crippen molar-refractivity contribution in [1.29, 1.82) is 0 Å². The van der Waals surface area contributed by atoms with Gasteiger partial charge in [-0.1, -0.05) is 6.07 Å². The molecule has 90 valence electrons. The maximum Gasteiger partial charge on any atom is 0.449 e. The standard InChI is InChI=1S/C12H9F3O2/c1-6-3-7(2)11-8(16)5-10(12(13,14)15)17-9(11)4-6/h3-5H,1-2H3. The SMILES string of the molecule is Cc1cc(C)c2c(=O)cc(C(F)(F)F)oc2c1. The van der Waals surface area contributed by atoms with Crippen molar-refractivity contribution in [2.24, 2.45) is 0 Å². The third kappa shape index (κ3) is 2.05. The summed E-state index contributed by atoms with van der Waals surface area (Å²) in [4.78, 5) is 11.6. The average Bonchev–Trinajstić information content (AvgIpc) is 2.13. The Balaban J connectivity index is 2.87. The third-order valence-corrected chi connectivity index (χ3v) is 2.45. The third-order valence-electron chi connectivity index (χ3n) is 2.45. The van der Waals surface area contributed by atoms with Crippen molar-refractivity contribution in [3.63, 3.8) is 0 Å². The first-order valence-electron chi connectivity index (χ1n) is 4.91. The lowest BCUT2D eigenvalue weighted by Gasteiger charge is -2.08. The monoisotopic (exact) mass is 242 g/mol. The number of fused-ring (bicyclic) bond motifs is 1. The highest BCUT2D eigenvalue weighted by molar-refractivity contribution is 5.80. The summed E-state index contributed by atoms with van der Waals surface area (Å²) in [5.74, 6) is -1.26. The molecule has 0 N–H and O–H groups in total. The van der Waals surface area contributed by atoms with Crippen molar-refractivity contribution in [3.05, 3.63) is 45.3 Å². The van der Waals surface area contributed by atoms with Gasteiger partial charge in [-0.3, -0.25) is 4.79 Å². The number of rotatable bonds is 0. The maximum absolute atomic E-state index is 12.5. The van der Waals surface area contributed by atoms with E-state index in [4.69, 9.17) is 4.42 Å². The molecule has 2 aromatic rings. The van der Waals surface area contributed by atoms with Crippen molar-refractivity contribution in [2.75, 3.05) is 0 Å². The van der Waals surface area contributed by atoms with Gasteiger partial charge in [0.25, 0.3) is 0 Å². The van der Waals surface area contributed by atoms with Gasteiger partial charge in [0.05, 0.1) is 5.39 Å². The lowest BCUT2D eigenvalue weighted by molar-refractivity contribution is -0.152. The summed E-state index contributed by atoms with van der Waals surface area (Å²) in [6, 6.07) is 3.65. The van der Waals surface area contributed by atoms with Crippen LogP contribution < -0.4 is 5.43 Å². The average molecular weight is 242 g/mol. The Hall–Kier alpha value is -1.78. The molecule has 0 atom stereocenters. The molecule has 5 heteroatoms. The predicted octanol–water partition coefficient (Wildman–Crippen LogP) is 3.43. The highest BCUT2D eigenvalue weighted by Crippen LogP contribution is 2.30. The predicted molar refractivity (Wildman–Crippen MR) is 57.0 cm³/mol. The normalized spacial score (nSPS) is 12.1. The summed E-state index contributed by atoms with van der Waals surface area (Å²) < 4.78 is 42.1. The van der Waals surface area contributed by atoms with E-state index in [1.54, 1.807) is 19.9 Å². The summed E-state index contributed by atoms with van der Waals surface area (Å²) in [6.07, 6.45) is -4.65. The second-order valence-electron chi connectivity index (χ2n) is 3.93. The van der Waals surface area contributed by atoms with Crippen molar-refractivity contribution >= 4 is 11.0 Å². The number of hydrogen-bond donors (Lipinski definition) is 0. The van der Waals surface area contributed by atoms with E-state index in [1.165, 1.54) is 6.07 Å². The molecule has 1 heterocycles. The minimum atomic E-state index is -4.65. The zero-order valence-electron chi connectivity index (χ0n) is 9.18. The van der Waals surface area contributed by atoms with E-state index >= 15 is 0 Å². The fourth-order valence-electron chi connectivity index (χ4n) is 1.80. The molecule has 1 aromatic carbocycles. The molecule has 2 nitrogen and oxygen atoms in total. The maximum atomic E-state index is 12.5. The van der Waals surface area contributed by atoms with Gasteiger partial charge in [0.15, 0.2) is 5.43 Å². The van der Waals surface area contributed by atoms with Crippen LogP contribution in [0.25, 0.3) is 11.0 Å². The van der Waals surface area contributed by atoms with E-state index in [1.807, 2.05) is 0 Å². The van der Waals surface area contributed by atoms with Crippen LogP contribution in [-0.2, 0) is 6.18 Å². The van der Waals surface area contributed by atoms with Gasteiger partial charge in [0.2, 0.25) is 5.76 Å². The molecular weight excluding hydrogens is 233 g/mol. The molecule has 0 amide bonds. The second kappa shape index (κ2) is 3.61. The summed E-state index contributed by atoms with van der Waals surface area (Å²) in [5.41, 5.74) is 0.665. The lowest BCUT2D eigenvalue weighted by Crippen LogP contribution is -2.11. The van der Waals surface area contributed by atoms with E-state index < -0.39 is 17.4 Å². The summed E-state index contributed by atoms with van der Waals surface area (Å²) in [5, 5.41) is 0.198. The Morgan fingerprint density at radius 3 is 2.35 bits per heavy atom. The molecule has 0 bridgehead atoms. The van der Waals surface area contributed by atoms with Crippen molar-refractivity contribution in [2.45, 2.75) is 20.0 Å². The van der Waals surface area contributed by atoms with E-state index in [9.17, 15) is 18.0 Å². The van der Waals surface area contributed by atoms with Gasteiger partial charge < -0.3 is 4.42 Å². The molecule has 0 spiro atoms. The van der Waals surface area contributed by atoms with E-state index in [-0.39, 0.29) is 11.0 Å². The summed E-state index contributed by atoms with van der Waals surface area (Å²) in [6.45, 7) is 3.40. The molecule has 0 aliphatic carbocycles. The van der Waals surface area contributed by atoms with Crippen LogP contribution in [-0.4, -0.2) is 0 Å². The molecule has 0 fully saturated rings. The van der Waals surface area contributed by atoms with Crippen LogP contribution >= 0.6 is 0 Å². The van der Waals surface area contributed by atoms with Gasteiger partial charge in [-0.2, -0.15) is 13.2 Å². The molecule has 0 unspecified atom stereocenters. The van der Waals surface area contributed by atoms with E-state index in [2.05, 4.69) is 0 Å². The van der Waals surface area contributed by atoms with E-state index in [0.29, 0.717) is 11.6 Å². The number of hydrogen-bond acceptors (Lipinski definition) is 2. The van der Waals surface area contributed by atoms with Gasteiger partial charge >= 0.3 is 6.18 Å². The number of halogens is 3.